The lowest BCUT2D eigenvalue weighted by Gasteiger charge is -2.22. The Balaban J connectivity index is 2.14. The van der Waals surface area contributed by atoms with E-state index in [-0.39, 0.29) is 12.3 Å². The van der Waals surface area contributed by atoms with Crippen molar-refractivity contribution in [2.24, 2.45) is 0 Å². The van der Waals surface area contributed by atoms with Gasteiger partial charge in [-0.1, -0.05) is 54.1 Å². The summed E-state index contributed by atoms with van der Waals surface area (Å²) in [7, 11) is 1.26. The SMILES string of the molecule is COC(=O)[C@@H](Cc1ccc(Cl)cc1)NC(=O)[C@H](Cc1ccccc1)NC(C)=O. The molecule has 2 amide bonds. The number of hydrogen-bond donors (Lipinski definition) is 2. The van der Waals surface area contributed by atoms with Crippen LogP contribution < -0.4 is 10.6 Å². The first-order valence-electron chi connectivity index (χ1n) is 8.82. The second-order valence-electron chi connectivity index (χ2n) is 6.36. The van der Waals surface area contributed by atoms with E-state index < -0.39 is 24.0 Å². The molecule has 2 aromatic rings. The fourth-order valence-electron chi connectivity index (χ4n) is 2.77. The number of halogens is 1. The Morgan fingerprint density at radius 2 is 1.46 bits per heavy atom. The molecule has 0 aliphatic heterocycles. The molecular weight excluding hydrogens is 380 g/mol. The molecule has 148 valence electrons. The Bertz CT molecular complexity index is 809. The molecule has 6 nitrogen and oxygen atoms in total. The average Bonchev–Trinajstić information content (AvgIpc) is 2.68. The third-order valence-electron chi connectivity index (χ3n) is 4.13. The minimum atomic E-state index is -0.884. The van der Waals surface area contributed by atoms with Crippen LogP contribution in [0.1, 0.15) is 18.1 Å². The molecule has 2 N–H and O–H groups in total. The van der Waals surface area contributed by atoms with Crippen LogP contribution in [-0.2, 0) is 32.0 Å². The molecule has 2 rings (SSSR count). The van der Waals surface area contributed by atoms with Crippen LogP contribution in [0.3, 0.4) is 0 Å². The van der Waals surface area contributed by atoms with Gasteiger partial charge in [0.1, 0.15) is 12.1 Å². The number of carbonyl (C=O) groups excluding carboxylic acids is 3. The highest BCUT2D eigenvalue weighted by molar-refractivity contribution is 6.30. The standard InChI is InChI=1S/C21H23ClN2O4/c1-14(25)23-18(12-15-6-4-3-5-7-15)20(26)24-19(21(27)28-2)13-16-8-10-17(22)11-9-16/h3-11,18-19H,12-13H2,1-2H3,(H,23,25)(H,24,26)/t18-,19+/m0/s1. The summed E-state index contributed by atoms with van der Waals surface area (Å²) < 4.78 is 4.82. The lowest BCUT2D eigenvalue weighted by atomic mass is 10.0. The third kappa shape index (κ3) is 6.70. The molecule has 0 fully saturated rings. The predicted octanol–water partition coefficient (Wildman–Crippen LogP) is 2.29. The van der Waals surface area contributed by atoms with Crippen LogP contribution in [0.25, 0.3) is 0 Å². The van der Waals surface area contributed by atoms with Crippen LogP contribution in [-0.4, -0.2) is 37.0 Å². The summed E-state index contributed by atoms with van der Waals surface area (Å²) in [6.07, 6.45) is 0.550. The molecular formula is C21H23ClN2O4. The second kappa shape index (κ2) is 10.5. The number of amides is 2. The van der Waals surface area contributed by atoms with Gasteiger partial charge in [0, 0.05) is 24.8 Å². The van der Waals surface area contributed by atoms with Crippen molar-refractivity contribution in [3.05, 3.63) is 70.7 Å². The number of nitrogens with one attached hydrogen (secondary N) is 2. The van der Waals surface area contributed by atoms with Gasteiger partial charge in [0.25, 0.3) is 0 Å². The van der Waals surface area contributed by atoms with Gasteiger partial charge in [0.15, 0.2) is 0 Å². The summed E-state index contributed by atoms with van der Waals surface area (Å²) >= 11 is 5.89. The Labute approximate surface area is 169 Å². The third-order valence-corrected chi connectivity index (χ3v) is 4.38. The first-order valence-corrected chi connectivity index (χ1v) is 9.20. The summed E-state index contributed by atoms with van der Waals surface area (Å²) in [6, 6.07) is 14.6. The summed E-state index contributed by atoms with van der Waals surface area (Å²) in [5, 5.41) is 5.92. The molecule has 0 saturated carbocycles. The summed E-state index contributed by atoms with van der Waals surface area (Å²) in [5.74, 6) is -1.35. The van der Waals surface area contributed by atoms with Gasteiger partial charge in [-0.15, -0.1) is 0 Å². The van der Waals surface area contributed by atoms with E-state index in [0.29, 0.717) is 11.4 Å². The molecule has 0 unspecified atom stereocenters. The molecule has 0 aromatic heterocycles. The Hall–Kier alpha value is -2.86. The lowest BCUT2D eigenvalue weighted by molar-refractivity contribution is -0.145. The van der Waals surface area contributed by atoms with Crippen molar-refractivity contribution in [2.45, 2.75) is 31.8 Å². The van der Waals surface area contributed by atoms with Crippen LogP contribution in [0.4, 0.5) is 0 Å². The molecule has 0 heterocycles. The van der Waals surface area contributed by atoms with Gasteiger partial charge in [-0.25, -0.2) is 4.79 Å². The van der Waals surface area contributed by atoms with E-state index in [0.717, 1.165) is 11.1 Å². The number of carbonyl (C=O) groups is 3. The Morgan fingerprint density at radius 3 is 2.04 bits per heavy atom. The summed E-state index contributed by atoms with van der Waals surface area (Å²) in [6.45, 7) is 1.34. The van der Waals surface area contributed by atoms with Gasteiger partial charge in [-0.05, 0) is 23.3 Å². The van der Waals surface area contributed by atoms with Gasteiger partial charge in [-0.3, -0.25) is 9.59 Å². The van der Waals surface area contributed by atoms with Crippen LogP contribution >= 0.6 is 11.6 Å². The normalized spacial score (nSPS) is 12.5. The van der Waals surface area contributed by atoms with Crippen LogP contribution in [0.15, 0.2) is 54.6 Å². The van der Waals surface area contributed by atoms with Crippen LogP contribution in [0.5, 0.6) is 0 Å². The highest BCUT2D eigenvalue weighted by Gasteiger charge is 2.27. The zero-order chi connectivity index (χ0) is 20.5. The predicted molar refractivity (Wildman–Crippen MR) is 107 cm³/mol. The highest BCUT2D eigenvalue weighted by atomic mass is 35.5. The molecule has 0 radical (unpaired) electrons. The minimum absolute atomic E-state index is 0.244. The van der Waals surface area contributed by atoms with Crippen molar-refractivity contribution in [1.82, 2.24) is 10.6 Å². The van der Waals surface area contributed by atoms with Crippen molar-refractivity contribution in [3.63, 3.8) is 0 Å². The van der Waals surface area contributed by atoms with E-state index in [4.69, 9.17) is 16.3 Å². The Kier molecular flexibility index (Phi) is 8.02. The fraction of sp³-hybridized carbons (Fsp3) is 0.286. The van der Waals surface area contributed by atoms with E-state index in [9.17, 15) is 14.4 Å². The van der Waals surface area contributed by atoms with Gasteiger partial charge >= 0.3 is 5.97 Å². The zero-order valence-corrected chi connectivity index (χ0v) is 16.5. The average molecular weight is 403 g/mol. The highest BCUT2D eigenvalue weighted by Crippen LogP contribution is 2.12. The van der Waals surface area contributed by atoms with E-state index in [1.165, 1.54) is 14.0 Å². The first kappa shape index (κ1) is 21.4. The van der Waals surface area contributed by atoms with E-state index >= 15 is 0 Å². The number of rotatable bonds is 8. The summed E-state index contributed by atoms with van der Waals surface area (Å²) in [5.41, 5.74) is 1.71. The number of esters is 1. The van der Waals surface area contributed by atoms with Gasteiger partial charge in [0.05, 0.1) is 7.11 Å². The fourth-order valence-corrected chi connectivity index (χ4v) is 2.89. The van der Waals surface area contributed by atoms with Crippen LogP contribution in [0.2, 0.25) is 5.02 Å². The van der Waals surface area contributed by atoms with Gasteiger partial charge in [-0.2, -0.15) is 0 Å². The monoisotopic (exact) mass is 402 g/mol. The van der Waals surface area contributed by atoms with E-state index in [2.05, 4.69) is 10.6 Å². The largest absolute Gasteiger partial charge is 0.467 e. The number of benzene rings is 2. The molecule has 0 saturated heterocycles. The van der Waals surface area contributed by atoms with Crippen molar-refractivity contribution in [1.29, 1.82) is 0 Å². The quantitative estimate of drug-likeness (QED) is 0.663. The molecule has 0 spiro atoms. The first-order chi connectivity index (χ1) is 13.4. The lowest BCUT2D eigenvalue weighted by Crippen LogP contribution is -2.53. The minimum Gasteiger partial charge on any atom is -0.467 e. The molecule has 0 bridgehead atoms. The van der Waals surface area contributed by atoms with E-state index in [1.807, 2.05) is 30.3 Å². The van der Waals surface area contributed by atoms with Crippen molar-refractivity contribution >= 4 is 29.4 Å². The maximum atomic E-state index is 12.8. The maximum absolute atomic E-state index is 12.8. The molecule has 2 aromatic carbocycles. The molecule has 0 aliphatic rings. The molecule has 7 heteroatoms. The smallest absolute Gasteiger partial charge is 0.328 e. The number of methoxy groups -OCH3 is 1. The number of ether oxygens (including phenoxy) is 1. The van der Waals surface area contributed by atoms with Crippen LogP contribution in [0, 0.1) is 0 Å². The molecule has 2 atom stereocenters. The van der Waals surface area contributed by atoms with Gasteiger partial charge in [0.2, 0.25) is 11.8 Å². The second-order valence-corrected chi connectivity index (χ2v) is 6.79. The van der Waals surface area contributed by atoms with Crippen molar-refractivity contribution < 1.29 is 19.1 Å². The summed E-state index contributed by atoms with van der Waals surface area (Å²) in [4.78, 5) is 36.5. The molecule has 28 heavy (non-hydrogen) atoms. The Morgan fingerprint density at radius 1 is 0.893 bits per heavy atom. The number of hydrogen-bond acceptors (Lipinski definition) is 4. The maximum Gasteiger partial charge on any atom is 0.328 e. The molecule has 0 aliphatic carbocycles. The topological polar surface area (TPSA) is 84.5 Å². The van der Waals surface area contributed by atoms with Gasteiger partial charge < -0.3 is 15.4 Å². The van der Waals surface area contributed by atoms with E-state index in [1.54, 1.807) is 24.3 Å². The van der Waals surface area contributed by atoms with Crippen molar-refractivity contribution in [2.75, 3.05) is 7.11 Å². The van der Waals surface area contributed by atoms with Crippen molar-refractivity contribution in [3.8, 4) is 0 Å². The zero-order valence-electron chi connectivity index (χ0n) is 15.8.